The normalized spacial score (nSPS) is 25.8. The Morgan fingerprint density at radius 2 is 1.83 bits per heavy atom. The molecule has 0 radical (unpaired) electrons. The van der Waals surface area contributed by atoms with Crippen LogP contribution >= 0.6 is 0 Å². The first-order chi connectivity index (χ1) is 8.19. The minimum absolute atomic E-state index is 0.222. The van der Waals surface area contributed by atoms with E-state index in [2.05, 4.69) is 0 Å². The van der Waals surface area contributed by atoms with Crippen LogP contribution in [0.3, 0.4) is 0 Å². The van der Waals surface area contributed by atoms with E-state index in [4.69, 9.17) is 4.74 Å². The summed E-state index contributed by atoms with van der Waals surface area (Å²) >= 11 is 0. The van der Waals surface area contributed by atoms with Crippen LogP contribution < -0.4 is 0 Å². The quantitative estimate of drug-likeness (QED) is 0.710. The molecule has 2 aliphatic rings. The van der Waals surface area contributed by atoms with E-state index in [1.165, 1.54) is 0 Å². The number of sulfonamides is 1. The van der Waals surface area contributed by atoms with Crippen molar-refractivity contribution >= 4 is 15.8 Å². The van der Waals surface area contributed by atoms with Crippen LogP contribution in [0.15, 0.2) is 0 Å². The minimum Gasteiger partial charge on any atom is -0.364 e. The number of ether oxygens (including phenoxy) is 1. The van der Waals surface area contributed by atoms with E-state index in [0.717, 1.165) is 0 Å². The molecule has 0 bridgehead atoms. The van der Waals surface area contributed by atoms with Gasteiger partial charge in [-0.25, -0.2) is 8.42 Å². The van der Waals surface area contributed by atoms with Crippen LogP contribution in [0.1, 0.15) is 19.3 Å². The summed E-state index contributed by atoms with van der Waals surface area (Å²) in [4.78, 5) is 11.7. The number of ketones is 1. The summed E-state index contributed by atoms with van der Waals surface area (Å²) in [5.74, 6) is -0.311. The topological polar surface area (TPSA) is 63.7 Å². The third-order valence-electron chi connectivity index (χ3n) is 3.18. The molecule has 2 rings (SSSR count). The maximum absolute atomic E-state index is 12.3. The lowest BCUT2D eigenvalue weighted by Gasteiger charge is -2.46. The van der Waals surface area contributed by atoms with Gasteiger partial charge < -0.3 is 4.74 Å². The Morgan fingerprint density at radius 1 is 1.22 bits per heavy atom. The second-order valence-corrected chi connectivity index (χ2v) is 6.37. The number of carbonyl (C=O) groups is 1. The van der Waals surface area contributed by atoms with E-state index in [-0.39, 0.29) is 23.1 Å². The first-order valence-electron chi connectivity index (χ1n) is 5.43. The molecule has 1 spiro atoms. The number of alkyl halides is 3. The van der Waals surface area contributed by atoms with Crippen LogP contribution in [0.5, 0.6) is 0 Å². The Balaban J connectivity index is 2.12. The van der Waals surface area contributed by atoms with Crippen molar-refractivity contribution in [1.82, 2.24) is 4.31 Å². The van der Waals surface area contributed by atoms with Gasteiger partial charge in [-0.05, 0) is 12.8 Å². The lowest BCUT2D eigenvalue weighted by Crippen LogP contribution is -2.69. The van der Waals surface area contributed by atoms with Crippen molar-refractivity contribution in [1.29, 1.82) is 0 Å². The molecule has 104 valence electrons. The smallest absolute Gasteiger partial charge is 0.364 e. The zero-order valence-electron chi connectivity index (χ0n) is 9.36. The molecule has 18 heavy (non-hydrogen) atoms. The van der Waals surface area contributed by atoms with Gasteiger partial charge in [0.2, 0.25) is 0 Å². The van der Waals surface area contributed by atoms with Crippen molar-refractivity contribution in [2.75, 3.05) is 19.7 Å². The van der Waals surface area contributed by atoms with E-state index in [0.29, 0.717) is 12.8 Å². The molecule has 0 aliphatic carbocycles. The molecular weight excluding hydrogens is 275 g/mol. The Kier molecular flexibility index (Phi) is 3.19. The van der Waals surface area contributed by atoms with Gasteiger partial charge in [0.1, 0.15) is 0 Å². The van der Waals surface area contributed by atoms with E-state index in [1.54, 1.807) is 0 Å². The predicted octanol–water partition coefficient (Wildman–Crippen LogP) is 0.660. The predicted molar refractivity (Wildman–Crippen MR) is 54.1 cm³/mol. The van der Waals surface area contributed by atoms with Crippen molar-refractivity contribution in [3.63, 3.8) is 0 Å². The van der Waals surface area contributed by atoms with Gasteiger partial charge in [0, 0.05) is 13.0 Å². The molecule has 0 N–H and O–H groups in total. The standard InChI is InChI=1S/C9H12F3NO4S/c10-9(11,12)18(15,16)13-5-8(6-13)7(14)3-1-2-4-17-8/h1-6H2. The number of halogens is 3. The average molecular weight is 287 g/mol. The fourth-order valence-electron chi connectivity index (χ4n) is 2.07. The summed E-state index contributed by atoms with van der Waals surface area (Å²) < 4.78 is 64.5. The van der Waals surface area contributed by atoms with Crippen LogP contribution in [0, 0.1) is 0 Å². The molecule has 0 aromatic carbocycles. The highest BCUT2D eigenvalue weighted by Gasteiger charge is 2.61. The maximum Gasteiger partial charge on any atom is 0.511 e. The summed E-state index contributed by atoms with van der Waals surface area (Å²) in [6.07, 6.45) is 1.49. The Morgan fingerprint density at radius 3 is 2.39 bits per heavy atom. The summed E-state index contributed by atoms with van der Waals surface area (Å²) in [7, 11) is -5.35. The number of nitrogens with zero attached hydrogens (tertiary/aromatic N) is 1. The van der Waals surface area contributed by atoms with Crippen molar-refractivity contribution in [3.8, 4) is 0 Å². The van der Waals surface area contributed by atoms with Gasteiger partial charge in [0.15, 0.2) is 11.4 Å². The molecule has 0 unspecified atom stereocenters. The van der Waals surface area contributed by atoms with Crippen molar-refractivity contribution in [3.05, 3.63) is 0 Å². The molecule has 9 heteroatoms. The molecule has 2 saturated heterocycles. The van der Waals surface area contributed by atoms with E-state index < -0.39 is 34.2 Å². The minimum atomic E-state index is -5.35. The summed E-state index contributed by atoms with van der Waals surface area (Å²) in [5.41, 5.74) is -6.68. The zero-order chi connectivity index (χ0) is 13.6. The Hall–Kier alpha value is -0.670. The van der Waals surface area contributed by atoms with Gasteiger partial charge in [0.05, 0.1) is 13.1 Å². The Bertz CT molecular complexity index is 453. The lowest BCUT2D eigenvalue weighted by atomic mass is 9.89. The zero-order valence-corrected chi connectivity index (χ0v) is 10.2. The van der Waals surface area contributed by atoms with E-state index in [9.17, 15) is 26.4 Å². The highest BCUT2D eigenvalue weighted by molar-refractivity contribution is 7.90. The van der Waals surface area contributed by atoms with Gasteiger partial charge in [-0.3, -0.25) is 4.79 Å². The van der Waals surface area contributed by atoms with Gasteiger partial charge in [0.25, 0.3) is 0 Å². The van der Waals surface area contributed by atoms with Crippen LogP contribution in [0.25, 0.3) is 0 Å². The van der Waals surface area contributed by atoms with Crippen LogP contribution in [0.2, 0.25) is 0 Å². The van der Waals surface area contributed by atoms with Crippen molar-refractivity contribution in [2.45, 2.75) is 30.4 Å². The van der Waals surface area contributed by atoms with Crippen molar-refractivity contribution in [2.24, 2.45) is 0 Å². The molecule has 0 amide bonds. The van der Waals surface area contributed by atoms with Gasteiger partial charge in [-0.2, -0.15) is 17.5 Å². The van der Waals surface area contributed by atoms with E-state index >= 15 is 0 Å². The second kappa shape index (κ2) is 4.17. The molecule has 0 saturated carbocycles. The summed E-state index contributed by atoms with van der Waals surface area (Å²) in [6.45, 7) is -0.799. The summed E-state index contributed by atoms with van der Waals surface area (Å²) in [6, 6.07) is 0. The molecule has 2 aliphatic heterocycles. The first kappa shape index (κ1) is 13.8. The molecule has 0 aromatic heterocycles. The molecule has 5 nitrogen and oxygen atoms in total. The molecule has 0 aromatic rings. The fraction of sp³-hybridized carbons (Fsp3) is 0.889. The Labute approximate surface area is 102 Å². The van der Waals surface area contributed by atoms with Gasteiger partial charge in [-0.1, -0.05) is 0 Å². The second-order valence-electron chi connectivity index (χ2n) is 4.44. The fourth-order valence-corrected chi connectivity index (χ4v) is 3.12. The third-order valence-corrected chi connectivity index (χ3v) is 4.70. The van der Waals surface area contributed by atoms with Gasteiger partial charge in [-0.15, -0.1) is 0 Å². The third kappa shape index (κ3) is 2.04. The van der Waals surface area contributed by atoms with Crippen LogP contribution in [-0.4, -0.2) is 49.3 Å². The average Bonchev–Trinajstić information content (AvgIpc) is 2.35. The molecule has 2 heterocycles. The number of Topliss-reactive ketones (excluding diaryl/α,β-unsaturated/α-hetero) is 1. The lowest BCUT2D eigenvalue weighted by molar-refractivity contribution is -0.160. The van der Waals surface area contributed by atoms with Gasteiger partial charge >= 0.3 is 15.5 Å². The number of hydrogen-bond acceptors (Lipinski definition) is 4. The maximum atomic E-state index is 12.3. The number of rotatable bonds is 1. The highest BCUT2D eigenvalue weighted by atomic mass is 32.2. The molecule has 2 fully saturated rings. The number of carbonyl (C=O) groups excluding carboxylic acids is 1. The van der Waals surface area contributed by atoms with E-state index in [1.807, 2.05) is 0 Å². The highest BCUT2D eigenvalue weighted by Crippen LogP contribution is 2.37. The van der Waals surface area contributed by atoms with Crippen LogP contribution in [0.4, 0.5) is 13.2 Å². The van der Waals surface area contributed by atoms with Crippen molar-refractivity contribution < 1.29 is 31.1 Å². The van der Waals surface area contributed by atoms with Crippen LogP contribution in [-0.2, 0) is 19.6 Å². The first-order valence-corrected chi connectivity index (χ1v) is 6.87. The molecule has 0 atom stereocenters. The monoisotopic (exact) mass is 287 g/mol. The molecular formula is C9H12F3NO4S. The number of hydrogen-bond donors (Lipinski definition) is 0. The SMILES string of the molecule is O=C1CCCCOC12CN(S(=O)(=O)C(F)(F)F)C2. The largest absolute Gasteiger partial charge is 0.511 e. The summed E-state index contributed by atoms with van der Waals surface area (Å²) in [5, 5.41) is 0.